The van der Waals surface area contributed by atoms with Gasteiger partial charge >= 0.3 is 11.0 Å². The predicted molar refractivity (Wildman–Crippen MR) is 161 cm³/mol. The number of thiazole rings is 1. The first-order chi connectivity index (χ1) is 21.0. The largest absolute Gasteiger partial charge is 0.496 e. The lowest BCUT2D eigenvalue weighted by Crippen LogP contribution is -2.33. The zero-order valence-corrected chi connectivity index (χ0v) is 25.0. The minimum atomic E-state index is -4.82. The summed E-state index contributed by atoms with van der Waals surface area (Å²) in [5.74, 6) is -3.88. The number of carbonyl (C=O) groups excluding carboxylic acids is 3. The number of rotatable bonds is 6. The number of fused-ring (bicyclic) bond motifs is 2. The summed E-state index contributed by atoms with van der Waals surface area (Å²) >= 11 is 7.64. The van der Waals surface area contributed by atoms with Crippen molar-refractivity contribution in [3.05, 3.63) is 103 Å². The summed E-state index contributed by atoms with van der Waals surface area (Å²) in [4.78, 5) is 54.8. The van der Waals surface area contributed by atoms with Crippen molar-refractivity contribution in [3.8, 4) is 5.75 Å². The molecule has 1 N–H and O–H groups in total. The first-order valence-electron chi connectivity index (χ1n) is 13.1. The second-order valence-electron chi connectivity index (χ2n) is 9.99. The van der Waals surface area contributed by atoms with Crippen LogP contribution in [0.15, 0.2) is 82.6 Å². The van der Waals surface area contributed by atoms with E-state index in [1.165, 1.54) is 23.8 Å². The second-order valence-corrected chi connectivity index (χ2v) is 12.5. The van der Waals surface area contributed by atoms with Gasteiger partial charge in [0.1, 0.15) is 17.5 Å². The number of alkyl halides is 3. The SMILES string of the molecule is COc1ccccc1[C@H]1c2sc(=O)n(CC(=O)Nc3ccc(Cl)cc3)c2SC2C(=O)N(c3ccccc3C(F)(F)F)C(=O)C21. The normalized spacial score (nSPS) is 19.5. The van der Waals surface area contributed by atoms with Gasteiger partial charge in [0, 0.05) is 27.1 Å². The van der Waals surface area contributed by atoms with Gasteiger partial charge in [0.15, 0.2) is 0 Å². The minimum Gasteiger partial charge on any atom is -0.496 e. The fourth-order valence-corrected chi connectivity index (χ4v) is 8.43. The summed E-state index contributed by atoms with van der Waals surface area (Å²) in [6, 6.07) is 17.5. The molecule has 226 valence electrons. The number of ether oxygens (including phenoxy) is 1. The molecule has 3 amide bonds. The molecule has 2 aliphatic rings. The number of methoxy groups -OCH3 is 1. The van der Waals surface area contributed by atoms with E-state index in [2.05, 4.69) is 5.32 Å². The lowest BCUT2D eigenvalue weighted by molar-refractivity contribution is -0.137. The van der Waals surface area contributed by atoms with Crippen molar-refractivity contribution in [2.75, 3.05) is 17.3 Å². The fourth-order valence-electron chi connectivity index (χ4n) is 5.54. The molecule has 3 heterocycles. The maximum atomic E-state index is 14.0. The molecule has 44 heavy (non-hydrogen) atoms. The van der Waals surface area contributed by atoms with Gasteiger partial charge in [0.2, 0.25) is 17.7 Å². The van der Waals surface area contributed by atoms with Gasteiger partial charge in [-0.25, -0.2) is 4.90 Å². The Bertz CT molecular complexity index is 1860. The molecule has 0 radical (unpaired) electrons. The Morgan fingerprint density at radius 2 is 1.66 bits per heavy atom. The minimum absolute atomic E-state index is 0.288. The lowest BCUT2D eigenvalue weighted by atomic mass is 9.82. The Kier molecular flexibility index (Phi) is 7.80. The monoisotopic (exact) mass is 659 g/mol. The molecule has 8 nitrogen and oxygen atoms in total. The van der Waals surface area contributed by atoms with E-state index in [0.29, 0.717) is 31.8 Å². The van der Waals surface area contributed by atoms with E-state index in [1.54, 1.807) is 48.5 Å². The maximum absolute atomic E-state index is 14.0. The number of para-hydroxylation sites is 2. The first kappa shape index (κ1) is 30.0. The average Bonchev–Trinajstić information content (AvgIpc) is 3.44. The van der Waals surface area contributed by atoms with Gasteiger partial charge in [0.05, 0.1) is 29.3 Å². The molecule has 2 unspecified atom stereocenters. The van der Waals surface area contributed by atoms with Crippen LogP contribution >= 0.6 is 34.7 Å². The highest BCUT2D eigenvalue weighted by atomic mass is 35.5. The number of thioether (sulfide) groups is 1. The smallest absolute Gasteiger partial charge is 0.418 e. The molecule has 14 heteroatoms. The Morgan fingerprint density at radius 3 is 2.36 bits per heavy atom. The van der Waals surface area contributed by atoms with Gasteiger partial charge < -0.3 is 10.1 Å². The van der Waals surface area contributed by atoms with Crippen LogP contribution in [0.5, 0.6) is 5.75 Å². The number of hydrogen-bond donors (Lipinski definition) is 1. The second kappa shape index (κ2) is 11.5. The third-order valence-corrected chi connectivity index (χ3v) is 10.3. The van der Waals surface area contributed by atoms with Gasteiger partial charge in [-0.3, -0.25) is 23.7 Å². The number of nitrogens with zero attached hydrogens (tertiary/aromatic N) is 2. The molecule has 2 aliphatic heterocycles. The van der Waals surface area contributed by atoms with Crippen LogP contribution in [0.2, 0.25) is 5.02 Å². The van der Waals surface area contributed by atoms with Crippen LogP contribution in [0.1, 0.15) is 21.9 Å². The summed E-state index contributed by atoms with van der Waals surface area (Å²) < 4.78 is 48.7. The Morgan fingerprint density at radius 1 is 0.977 bits per heavy atom. The summed E-state index contributed by atoms with van der Waals surface area (Å²) in [5, 5.41) is 2.28. The number of anilines is 2. The molecule has 1 saturated heterocycles. The van der Waals surface area contributed by atoms with E-state index in [-0.39, 0.29) is 5.03 Å². The Labute approximate surface area is 261 Å². The topological polar surface area (TPSA) is 97.7 Å². The molecule has 3 atom stereocenters. The molecule has 0 spiro atoms. The third kappa shape index (κ3) is 5.18. The number of aromatic nitrogens is 1. The van der Waals surface area contributed by atoms with E-state index in [1.807, 2.05) is 0 Å². The zero-order chi connectivity index (χ0) is 31.3. The van der Waals surface area contributed by atoms with Crippen LogP contribution < -0.4 is 19.8 Å². The van der Waals surface area contributed by atoms with Crippen molar-refractivity contribution in [1.29, 1.82) is 0 Å². The van der Waals surface area contributed by atoms with Gasteiger partial charge in [-0.1, -0.05) is 65.0 Å². The number of carbonyl (C=O) groups is 3. The van der Waals surface area contributed by atoms with Crippen LogP contribution in [-0.2, 0) is 27.1 Å². The van der Waals surface area contributed by atoms with Crippen molar-refractivity contribution in [3.63, 3.8) is 0 Å². The van der Waals surface area contributed by atoms with Gasteiger partial charge in [-0.15, -0.1) is 0 Å². The molecule has 0 saturated carbocycles. The molecular formula is C30H21ClF3N3O5S2. The molecule has 1 aromatic heterocycles. The highest BCUT2D eigenvalue weighted by Crippen LogP contribution is 2.55. The average molecular weight is 660 g/mol. The highest BCUT2D eigenvalue weighted by Gasteiger charge is 2.58. The number of imide groups is 1. The zero-order valence-electron chi connectivity index (χ0n) is 22.6. The molecule has 0 bridgehead atoms. The number of hydrogen-bond acceptors (Lipinski definition) is 7. The molecule has 3 aromatic carbocycles. The van der Waals surface area contributed by atoms with Crippen molar-refractivity contribution < 1.29 is 32.3 Å². The standard InChI is InChI=1S/C30H21ClF3N3O5S2/c1-42-20-9-5-2-6-17(20)22-23-24(27(40)37(26(23)39)19-8-4-3-7-18(19)30(32,33)34)43-28-25(22)44-29(41)36(28)14-21(38)35-16-12-10-15(31)11-13-16/h2-13,22-24H,14H2,1H3,(H,35,38)/t22-,23?,24?/m1/s1. The number of amides is 3. The molecular weight excluding hydrogens is 639 g/mol. The van der Waals surface area contributed by atoms with Gasteiger partial charge in [-0.05, 0) is 42.5 Å². The van der Waals surface area contributed by atoms with Crippen LogP contribution in [0, 0.1) is 5.92 Å². The first-order valence-corrected chi connectivity index (χ1v) is 15.2. The summed E-state index contributed by atoms with van der Waals surface area (Å²) in [5.41, 5.74) is -0.749. The van der Waals surface area contributed by atoms with Crippen molar-refractivity contribution in [1.82, 2.24) is 4.57 Å². The quantitative estimate of drug-likeness (QED) is 0.254. The van der Waals surface area contributed by atoms with Crippen molar-refractivity contribution >= 4 is 63.8 Å². The van der Waals surface area contributed by atoms with Crippen molar-refractivity contribution in [2.45, 2.75) is 28.9 Å². The third-order valence-electron chi connectivity index (χ3n) is 7.40. The molecule has 6 rings (SSSR count). The summed E-state index contributed by atoms with van der Waals surface area (Å²) in [6.45, 7) is -0.404. The van der Waals surface area contributed by atoms with Crippen molar-refractivity contribution in [2.24, 2.45) is 5.92 Å². The Hall–Kier alpha value is -4.07. The summed E-state index contributed by atoms with van der Waals surface area (Å²) in [6.07, 6.45) is -4.82. The highest BCUT2D eigenvalue weighted by molar-refractivity contribution is 8.00. The van der Waals surface area contributed by atoms with E-state index in [9.17, 15) is 32.3 Å². The maximum Gasteiger partial charge on any atom is 0.418 e. The van der Waals surface area contributed by atoms with E-state index in [0.717, 1.165) is 35.2 Å². The van der Waals surface area contributed by atoms with Crippen LogP contribution in [0.4, 0.5) is 24.5 Å². The predicted octanol–water partition coefficient (Wildman–Crippen LogP) is 6.03. The number of halogens is 4. The van der Waals surface area contributed by atoms with Gasteiger partial charge in [-0.2, -0.15) is 13.2 Å². The van der Waals surface area contributed by atoms with E-state index < -0.39 is 63.7 Å². The van der Waals surface area contributed by atoms with E-state index in [4.69, 9.17) is 16.3 Å². The van der Waals surface area contributed by atoms with E-state index >= 15 is 0 Å². The molecule has 1 fully saturated rings. The lowest BCUT2D eigenvalue weighted by Gasteiger charge is -2.31. The summed E-state index contributed by atoms with van der Waals surface area (Å²) in [7, 11) is 1.43. The van der Waals surface area contributed by atoms with Crippen LogP contribution in [-0.4, -0.2) is 34.6 Å². The fraction of sp³-hybridized carbons (Fsp3) is 0.200. The number of benzene rings is 3. The van der Waals surface area contributed by atoms with Crippen LogP contribution in [0.25, 0.3) is 0 Å². The van der Waals surface area contributed by atoms with Gasteiger partial charge in [0.25, 0.3) is 0 Å². The molecule has 4 aromatic rings. The van der Waals surface area contributed by atoms with Crippen LogP contribution in [0.3, 0.4) is 0 Å². The molecule has 0 aliphatic carbocycles. The number of nitrogens with one attached hydrogen (secondary N) is 1. The Balaban J connectivity index is 1.45.